The summed E-state index contributed by atoms with van der Waals surface area (Å²) in [4.78, 5) is 4.29. The van der Waals surface area contributed by atoms with E-state index < -0.39 is 0 Å². The van der Waals surface area contributed by atoms with Crippen LogP contribution in [0, 0.1) is 16.6 Å². The lowest BCUT2D eigenvalue weighted by molar-refractivity contribution is 0.628. The zero-order chi connectivity index (χ0) is 18.8. The van der Waals surface area contributed by atoms with Gasteiger partial charge in [-0.05, 0) is 48.0 Å². The number of fused-ring (bicyclic) bond motifs is 1. The van der Waals surface area contributed by atoms with Crippen LogP contribution in [-0.2, 0) is 6.42 Å². The molecule has 2 N–H and O–H groups in total. The molecule has 0 aliphatic heterocycles. The highest BCUT2D eigenvalue weighted by atomic mass is 19.1. The molecule has 4 rings (SSSR count). The maximum Gasteiger partial charge on any atom is 0.148 e. The largest absolute Gasteiger partial charge is 0.286 e. The first-order valence-corrected chi connectivity index (χ1v) is 8.42. The normalized spacial score (nSPS) is 10.9. The number of halogens is 1. The zero-order valence-electron chi connectivity index (χ0n) is 14.4. The van der Waals surface area contributed by atoms with Crippen LogP contribution in [0.5, 0.6) is 0 Å². The predicted octanol–water partition coefficient (Wildman–Crippen LogP) is 3.78. The first-order chi connectivity index (χ1) is 13.1. The number of pyridine rings is 1. The van der Waals surface area contributed by atoms with Crippen LogP contribution < -0.4 is 5.49 Å². The SMILES string of the molecule is N=C(Cc1ccc2ncccc2c1)n1nc(-c2cccc(F)c2)ccc1=N. The van der Waals surface area contributed by atoms with Crippen LogP contribution >= 0.6 is 0 Å². The Balaban J connectivity index is 1.66. The van der Waals surface area contributed by atoms with Crippen LogP contribution in [0.25, 0.3) is 22.2 Å². The summed E-state index contributed by atoms with van der Waals surface area (Å²) in [7, 11) is 0. The molecule has 0 saturated heterocycles. The van der Waals surface area contributed by atoms with Crippen molar-refractivity contribution < 1.29 is 4.39 Å². The number of rotatable bonds is 3. The number of hydrogen-bond donors (Lipinski definition) is 2. The van der Waals surface area contributed by atoms with Gasteiger partial charge in [0, 0.05) is 23.6 Å². The fourth-order valence-electron chi connectivity index (χ4n) is 2.93. The summed E-state index contributed by atoms with van der Waals surface area (Å²) in [6.07, 6.45) is 2.06. The summed E-state index contributed by atoms with van der Waals surface area (Å²) in [5, 5.41) is 21.9. The van der Waals surface area contributed by atoms with E-state index in [1.807, 2.05) is 30.3 Å². The van der Waals surface area contributed by atoms with Gasteiger partial charge < -0.3 is 0 Å². The third-order valence-corrected chi connectivity index (χ3v) is 4.25. The Labute approximate surface area is 154 Å². The minimum Gasteiger partial charge on any atom is -0.286 e. The molecule has 0 spiro atoms. The maximum absolute atomic E-state index is 13.5. The second-order valence-electron chi connectivity index (χ2n) is 6.18. The molecule has 0 unspecified atom stereocenters. The number of benzene rings is 2. The van der Waals surface area contributed by atoms with Gasteiger partial charge in [-0.1, -0.05) is 24.3 Å². The minimum absolute atomic E-state index is 0.0996. The molecule has 6 heteroatoms. The van der Waals surface area contributed by atoms with E-state index in [1.165, 1.54) is 16.8 Å². The summed E-state index contributed by atoms with van der Waals surface area (Å²) in [5.74, 6) is -0.183. The van der Waals surface area contributed by atoms with Crippen LogP contribution in [-0.4, -0.2) is 20.6 Å². The summed E-state index contributed by atoms with van der Waals surface area (Å²) < 4.78 is 14.8. The first-order valence-electron chi connectivity index (χ1n) is 8.42. The molecular formula is C21H16FN5. The Kier molecular flexibility index (Phi) is 4.30. The molecule has 27 heavy (non-hydrogen) atoms. The van der Waals surface area contributed by atoms with Crippen molar-refractivity contribution in [1.82, 2.24) is 14.8 Å². The van der Waals surface area contributed by atoms with Crippen LogP contribution in [0.3, 0.4) is 0 Å². The van der Waals surface area contributed by atoms with Crippen LogP contribution in [0.15, 0.2) is 72.9 Å². The Hall–Kier alpha value is -3.67. The lowest BCUT2D eigenvalue weighted by Crippen LogP contribution is -2.30. The second kappa shape index (κ2) is 6.92. The average molecular weight is 357 g/mol. The van der Waals surface area contributed by atoms with Crippen LogP contribution in [0.4, 0.5) is 4.39 Å². The summed E-state index contributed by atoms with van der Waals surface area (Å²) in [6, 6.07) is 19.0. The number of nitrogens with one attached hydrogen (secondary N) is 2. The summed E-state index contributed by atoms with van der Waals surface area (Å²) >= 11 is 0. The summed E-state index contributed by atoms with van der Waals surface area (Å²) in [5.41, 5.74) is 3.05. The van der Waals surface area contributed by atoms with Gasteiger partial charge in [0.2, 0.25) is 0 Å². The first kappa shape index (κ1) is 16.8. The fourth-order valence-corrected chi connectivity index (χ4v) is 2.93. The standard InChI is InChI=1S/C21H16FN5/c22-17-5-1-3-16(13-17)19-8-9-20(23)27(26-19)21(24)12-14-6-7-18-15(11-14)4-2-10-25-18/h1-11,13,23-24H,12H2. The third-order valence-electron chi connectivity index (χ3n) is 4.25. The smallest absolute Gasteiger partial charge is 0.148 e. The second-order valence-corrected chi connectivity index (χ2v) is 6.18. The molecular weight excluding hydrogens is 341 g/mol. The molecule has 0 atom stereocenters. The van der Waals surface area contributed by atoms with E-state index in [4.69, 9.17) is 10.8 Å². The topological polar surface area (TPSA) is 78.4 Å². The molecule has 0 aliphatic rings. The Morgan fingerprint density at radius 3 is 2.74 bits per heavy atom. The van der Waals surface area contributed by atoms with Crippen molar-refractivity contribution in [2.24, 2.45) is 0 Å². The number of nitrogens with zero attached hydrogens (tertiary/aromatic N) is 3. The van der Waals surface area contributed by atoms with Gasteiger partial charge in [-0.15, -0.1) is 0 Å². The highest BCUT2D eigenvalue weighted by Gasteiger charge is 2.08. The van der Waals surface area contributed by atoms with Gasteiger partial charge in [-0.25, -0.2) is 9.07 Å². The lowest BCUT2D eigenvalue weighted by Gasteiger charge is -2.10. The van der Waals surface area contributed by atoms with E-state index in [-0.39, 0.29) is 17.1 Å². The Morgan fingerprint density at radius 2 is 1.89 bits per heavy atom. The molecule has 4 aromatic rings. The van der Waals surface area contributed by atoms with Crippen molar-refractivity contribution in [2.45, 2.75) is 6.42 Å². The van der Waals surface area contributed by atoms with Crippen molar-refractivity contribution in [1.29, 1.82) is 10.8 Å². The van der Waals surface area contributed by atoms with Crippen molar-refractivity contribution in [3.05, 3.63) is 89.8 Å². The van der Waals surface area contributed by atoms with Crippen molar-refractivity contribution >= 4 is 16.7 Å². The van der Waals surface area contributed by atoms with Crippen LogP contribution in [0.2, 0.25) is 0 Å². The van der Waals surface area contributed by atoms with E-state index in [9.17, 15) is 4.39 Å². The van der Waals surface area contributed by atoms with Gasteiger partial charge in [-0.3, -0.25) is 15.8 Å². The highest BCUT2D eigenvalue weighted by molar-refractivity contribution is 5.85. The molecule has 5 nitrogen and oxygen atoms in total. The van der Waals surface area contributed by atoms with Gasteiger partial charge >= 0.3 is 0 Å². The predicted molar refractivity (Wildman–Crippen MR) is 102 cm³/mol. The quantitative estimate of drug-likeness (QED) is 0.432. The number of aromatic nitrogens is 3. The van der Waals surface area contributed by atoms with E-state index >= 15 is 0 Å². The molecule has 0 aliphatic carbocycles. The molecule has 2 heterocycles. The van der Waals surface area contributed by atoms with Crippen molar-refractivity contribution in [3.8, 4) is 11.3 Å². The zero-order valence-corrected chi connectivity index (χ0v) is 14.4. The molecule has 0 radical (unpaired) electrons. The minimum atomic E-state index is -0.351. The van der Waals surface area contributed by atoms with Gasteiger partial charge in [0.15, 0.2) is 0 Å². The molecule has 132 valence electrons. The molecule has 2 aromatic carbocycles. The molecule has 0 fully saturated rings. The maximum atomic E-state index is 13.5. The van der Waals surface area contributed by atoms with E-state index in [2.05, 4.69) is 10.1 Å². The monoisotopic (exact) mass is 357 g/mol. The van der Waals surface area contributed by atoms with Crippen LogP contribution in [0.1, 0.15) is 5.56 Å². The molecule has 0 amide bonds. The third kappa shape index (κ3) is 3.50. The van der Waals surface area contributed by atoms with Gasteiger partial charge in [0.25, 0.3) is 0 Å². The van der Waals surface area contributed by atoms with E-state index in [1.54, 1.807) is 30.5 Å². The Bertz CT molecular complexity index is 1210. The Morgan fingerprint density at radius 1 is 1.00 bits per heavy atom. The van der Waals surface area contributed by atoms with E-state index in [0.29, 0.717) is 17.7 Å². The van der Waals surface area contributed by atoms with Gasteiger partial charge in [0.1, 0.15) is 17.1 Å². The molecule has 0 bridgehead atoms. The van der Waals surface area contributed by atoms with Crippen molar-refractivity contribution in [3.63, 3.8) is 0 Å². The van der Waals surface area contributed by atoms with Gasteiger partial charge in [0.05, 0.1) is 11.2 Å². The fraction of sp³-hybridized carbons (Fsp3) is 0.0476. The molecule has 0 saturated carbocycles. The van der Waals surface area contributed by atoms with Crippen molar-refractivity contribution in [2.75, 3.05) is 0 Å². The van der Waals surface area contributed by atoms with Gasteiger partial charge in [-0.2, -0.15) is 5.10 Å². The lowest BCUT2D eigenvalue weighted by atomic mass is 10.1. The van der Waals surface area contributed by atoms with E-state index in [0.717, 1.165) is 16.5 Å². The average Bonchev–Trinajstić information content (AvgIpc) is 2.68. The molecule has 2 aromatic heterocycles. The summed E-state index contributed by atoms with van der Waals surface area (Å²) in [6.45, 7) is 0. The number of hydrogen-bond acceptors (Lipinski definition) is 4. The highest BCUT2D eigenvalue weighted by Crippen LogP contribution is 2.17.